The van der Waals surface area contributed by atoms with Crippen molar-refractivity contribution in [2.75, 3.05) is 0 Å². The minimum Gasteiger partial charge on any atom is -0.345 e. The molecule has 0 aliphatic heterocycles. The Hall–Kier alpha value is -0.970. The van der Waals surface area contributed by atoms with E-state index < -0.39 is 12.3 Å². The summed E-state index contributed by atoms with van der Waals surface area (Å²) < 4.78 is 24.0. The summed E-state index contributed by atoms with van der Waals surface area (Å²) in [5.74, 6) is -1.22. The first-order valence-electron chi connectivity index (χ1n) is 4.57. The molecule has 2 nitrogen and oxygen atoms in total. The Morgan fingerprint density at radius 3 is 2.47 bits per heavy atom. The van der Waals surface area contributed by atoms with Crippen LogP contribution < -0.4 is 5.32 Å². The van der Waals surface area contributed by atoms with Gasteiger partial charge in [-0.25, -0.2) is 0 Å². The molecule has 1 aromatic rings. The molecule has 0 spiro atoms. The zero-order valence-electron chi connectivity index (χ0n) is 8.80. The molecule has 1 heterocycles. The first-order valence-corrected chi connectivity index (χ1v) is 5.39. The van der Waals surface area contributed by atoms with Gasteiger partial charge in [0.2, 0.25) is 0 Å². The van der Waals surface area contributed by atoms with E-state index in [0.29, 0.717) is 0 Å². The molecule has 0 bridgehead atoms. The maximum Gasteiger partial charge on any atom is 0.315 e. The van der Waals surface area contributed by atoms with E-state index in [2.05, 4.69) is 5.32 Å². The Morgan fingerprint density at radius 2 is 2.07 bits per heavy atom. The highest BCUT2D eigenvalue weighted by Gasteiger charge is 2.19. The van der Waals surface area contributed by atoms with Gasteiger partial charge in [-0.2, -0.15) is 8.78 Å². The van der Waals surface area contributed by atoms with Gasteiger partial charge in [-0.05, 0) is 32.4 Å². The molecule has 0 aromatic carbocycles. The number of amides is 1. The Kier molecular flexibility index (Phi) is 3.79. The lowest BCUT2D eigenvalue weighted by molar-refractivity contribution is -0.132. The van der Waals surface area contributed by atoms with Crippen molar-refractivity contribution in [2.45, 2.75) is 33.2 Å². The van der Waals surface area contributed by atoms with E-state index in [4.69, 9.17) is 0 Å². The highest BCUT2D eigenvalue weighted by molar-refractivity contribution is 7.12. The van der Waals surface area contributed by atoms with Crippen molar-refractivity contribution >= 4 is 17.2 Å². The van der Waals surface area contributed by atoms with Crippen LogP contribution in [0.1, 0.15) is 28.3 Å². The third kappa shape index (κ3) is 2.99. The zero-order valence-corrected chi connectivity index (χ0v) is 9.62. The number of hydrogen-bond acceptors (Lipinski definition) is 2. The van der Waals surface area contributed by atoms with Gasteiger partial charge in [0.1, 0.15) is 0 Å². The summed E-state index contributed by atoms with van der Waals surface area (Å²) in [4.78, 5) is 12.9. The van der Waals surface area contributed by atoms with Crippen LogP contribution in [0.15, 0.2) is 6.07 Å². The summed E-state index contributed by atoms with van der Waals surface area (Å²) in [6.07, 6.45) is -2.95. The monoisotopic (exact) mass is 233 g/mol. The van der Waals surface area contributed by atoms with Crippen LogP contribution in [-0.2, 0) is 4.79 Å². The topological polar surface area (TPSA) is 29.1 Å². The second-order valence-electron chi connectivity index (χ2n) is 3.40. The summed E-state index contributed by atoms with van der Waals surface area (Å²) in [5, 5.41) is 2.27. The van der Waals surface area contributed by atoms with Gasteiger partial charge in [-0.1, -0.05) is 0 Å². The minimum atomic E-state index is -2.95. The number of hydrogen-bond donors (Lipinski definition) is 1. The van der Waals surface area contributed by atoms with Crippen LogP contribution in [-0.4, -0.2) is 12.3 Å². The first kappa shape index (κ1) is 12.1. The smallest absolute Gasteiger partial charge is 0.315 e. The number of thiophene rings is 1. The number of aryl methyl sites for hydroxylation is 2. The van der Waals surface area contributed by atoms with Crippen molar-refractivity contribution < 1.29 is 13.6 Å². The van der Waals surface area contributed by atoms with E-state index >= 15 is 0 Å². The Morgan fingerprint density at radius 1 is 1.47 bits per heavy atom. The van der Waals surface area contributed by atoms with E-state index in [0.717, 1.165) is 15.3 Å². The van der Waals surface area contributed by atoms with Crippen molar-refractivity contribution in [1.82, 2.24) is 5.32 Å². The van der Waals surface area contributed by atoms with Crippen molar-refractivity contribution in [2.24, 2.45) is 0 Å². The molecule has 0 aliphatic rings. The van der Waals surface area contributed by atoms with E-state index in [1.165, 1.54) is 0 Å². The molecule has 0 aliphatic carbocycles. The van der Waals surface area contributed by atoms with Crippen LogP contribution in [0.2, 0.25) is 0 Å². The van der Waals surface area contributed by atoms with Gasteiger partial charge in [0.25, 0.3) is 5.91 Å². The highest BCUT2D eigenvalue weighted by atomic mass is 32.1. The highest BCUT2D eigenvalue weighted by Crippen LogP contribution is 2.26. The number of rotatable bonds is 3. The van der Waals surface area contributed by atoms with Gasteiger partial charge in [-0.15, -0.1) is 11.3 Å². The minimum absolute atomic E-state index is 0.364. The number of halogens is 2. The summed E-state index contributed by atoms with van der Waals surface area (Å²) in [5.41, 5.74) is 0.909. The third-order valence-corrected chi connectivity index (χ3v) is 3.08. The Labute approximate surface area is 91.3 Å². The maximum atomic E-state index is 12.0. The van der Waals surface area contributed by atoms with E-state index in [-0.39, 0.29) is 6.04 Å². The number of carbonyl (C=O) groups is 1. The van der Waals surface area contributed by atoms with E-state index in [1.54, 1.807) is 18.3 Å². The van der Waals surface area contributed by atoms with Crippen LogP contribution in [0.25, 0.3) is 0 Å². The predicted octanol–water partition coefficient (Wildman–Crippen LogP) is 2.81. The molecule has 15 heavy (non-hydrogen) atoms. The van der Waals surface area contributed by atoms with Gasteiger partial charge < -0.3 is 5.32 Å². The van der Waals surface area contributed by atoms with Gasteiger partial charge >= 0.3 is 6.43 Å². The molecule has 1 amide bonds. The standard InChI is InChI=1S/C10H13F2NOS/c1-5-4-8(7(3)15-5)6(2)13-10(14)9(11)12/h4,6,9H,1-3H3,(H,13,14). The van der Waals surface area contributed by atoms with Crippen molar-refractivity contribution in [3.8, 4) is 0 Å². The van der Waals surface area contributed by atoms with Crippen molar-refractivity contribution in [1.29, 1.82) is 0 Å². The molecule has 84 valence electrons. The molecule has 5 heteroatoms. The lowest BCUT2D eigenvalue weighted by atomic mass is 10.1. The molecule has 1 rings (SSSR count). The van der Waals surface area contributed by atoms with Crippen molar-refractivity contribution in [3.05, 3.63) is 21.4 Å². The Bertz CT molecular complexity index is 362. The lowest BCUT2D eigenvalue weighted by Gasteiger charge is -2.13. The summed E-state index contributed by atoms with van der Waals surface area (Å²) in [7, 11) is 0. The Balaban J connectivity index is 2.73. The number of nitrogens with one attached hydrogen (secondary N) is 1. The average molecular weight is 233 g/mol. The second kappa shape index (κ2) is 4.70. The van der Waals surface area contributed by atoms with E-state index in [1.807, 2.05) is 19.9 Å². The summed E-state index contributed by atoms with van der Waals surface area (Å²) >= 11 is 1.59. The maximum absolute atomic E-state index is 12.0. The fraction of sp³-hybridized carbons (Fsp3) is 0.500. The lowest BCUT2D eigenvalue weighted by Crippen LogP contribution is -2.31. The number of carbonyl (C=O) groups excluding carboxylic acids is 1. The molecular formula is C10H13F2NOS. The number of alkyl halides is 2. The van der Waals surface area contributed by atoms with Crippen LogP contribution >= 0.6 is 11.3 Å². The van der Waals surface area contributed by atoms with E-state index in [9.17, 15) is 13.6 Å². The third-order valence-electron chi connectivity index (χ3n) is 2.10. The molecule has 1 aromatic heterocycles. The quantitative estimate of drug-likeness (QED) is 0.854. The average Bonchev–Trinajstić information content (AvgIpc) is 2.44. The molecule has 0 saturated carbocycles. The van der Waals surface area contributed by atoms with Gasteiger partial charge in [-0.3, -0.25) is 4.79 Å². The van der Waals surface area contributed by atoms with Crippen molar-refractivity contribution in [3.63, 3.8) is 0 Å². The SMILES string of the molecule is Cc1cc(C(C)NC(=O)C(F)F)c(C)s1. The normalized spacial score (nSPS) is 12.9. The molecule has 0 radical (unpaired) electrons. The molecule has 1 atom stereocenters. The first-order chi connectivity index (χ1) is 6.91. The van der Waals surface area contributed by atoms with Crippen LogP contribution in [0.5, 0.6) is 0 Å². The molecular weight excluding hydrogens is 220 g/mol. The van der Waals surface area contributed by atoms with Crippen LogP contribution in [0.3, 0.4) is 0 Å². The van der Waals surface area contributed by atoms with Crippen LogP contribution in [0, 0.1) is 13.8 Å². The fourth-order valence-electron chi connectivity index (χ4n) is 1.43. The largest absolute Gasteiger partial charge is 0.345 e. The zero-order chi connectivity index (χ0) is 11.6. The van der Waals surface area contributed by atoms with Gasteiger partial charge in [0, 0.05) is 9.75 Å². The molecule has 1 unspecified atom stereocenters. The van der Waals surface area contributed by atoms with Gasteiger partial charge in [0.05, 0.1) is 6.04 Å². The summed E-state index contributed by atoms with van der Waals surface area (Å²) in [6, 6.07) is 1.55. The molecule has 1 N–H and O–H groups in total. The second-order valence-corrected chi connectivity index (χ2v) is 4.86. The predicted molar refractivity (Wildman–Crippen MR) is 56.4 cm³/mol. The molecule has 0 fully saturated rings. The molecule has 0 saturated heterocycles. The van der Waals surface area contributed by atoms with Gasteiger partial charge in [0.15, 0.2) is 0 Å². The summed E-state index contributed by atoms with van der Waals surface area (Å²) in [6.45, 7) is 5.57. The fourth-order valence-corrected chi connectivity index (χ4v) is 2.46. The van der Waals surface area contributed by atoms with Crippen LogP contribution in [0.4, 0.5) is 8.78 Å².